The van der Waals surface area contributed by atoms with Gasteiger partial charge < -0.3 is 4.74 Å². The molecular weight excluding hydrogens is 131 g/mol. The summed E-state index contributed by atoms with van der Waals surface area (Å²) < 4.78 is 4.16. The Morgan fingerprint density at radius 3 is 2.50 bits per heavy atom. The van der Waals surface area contributed by atoms with Crippen molar-refractivity contribution < 1.29 is 14.3 Å². The third-order valence-electron chi connectivity index (χ3n) is 0.386. The maximum atomic E-state index is 9.95. The second-order valence-corrected chi connectivity index (χ2v) is 1.53. The fourth-order valence-corrected chi connectivity index (χ4v) is 0.312. The van der Waals surface area contributed by atoms with Crippen molar-refractivity contribution in [3.05, 3.63) is 0 Å². The Bertz CT molecular complexity index is 101. The molecule has 0 bridgehead atoms. The molecule has 0 rings (SSSR count). The van der Waals surface area contributed by atoms with Crippen molar-refractivity contribution in [3.8, 4) is 0 Å². The topological polar surface area (TPSA) is 43.4 Å². The van der Waals surface area contributed by atoms with E-state index in [-0.39, 0.29) is 0 Å². The van der Waals surface area contributed by atoms with Gasteiger partial charge in [-0.25, -0.2) is 0 Å². The number of rotatable bonds is 2. The van der Waals surface area contributed by atoms with Gasteiger partial charge in [0.25, 0.3) is 0 Å². The van der Waals surface area contributed by atoms with E-state index in [9.17, 15) is 9.59 Å². The minimum atomic E-state index is -1.13. The Kier molecular flexibility index (Phi) is 3.19. The van der Waals surface area contributed by atoms with E-state index >= 15 is 0 Å². The van der Waals surface area contributed by atoms with Crippen LogP contribution in [-0.2, 0) is 14.3 Å². The zero-order valence-electron chi connectivity index (χ0n) is 4.26. The molecule has 1 unspecified atom stereocenters. The summed E-state index contributed by atoms with van der Waals surface area (Å²) in [5, 5.41) is 0. The number of aldehydes is 1. The molecule has 0 heterocycles. The molecule has 0 aliphatic heterocycles. The maximum Gasteiger partial charge on any atom is 0.304 e. The Morgan fingerprint density at radius 2 is 2.38 bits per heavy atom. The van der Waals surface area contributed by atoms with E-state index in [4.69, 9.17) is 11.6 Å². The van der Waals surface area contributed by atoms with Gasteiger partial charge in [0.15, 0.2) is 6.29 Å². The smallest absolute Gasteiger partial charge is 0.304 e. The fourth-order valence-electron chi connectivity index (χ4n) is 0.186. The number of carbonyl (C=O) groups is 2. The zero-order chi connectivity index (χ0) is 6.57. The second-order valence-electron chi connectivity index (χ2n) is 1.10. The molecule has 0 aromatic rings. The van der Waals surface area contributed by atoms with Crippen LogP contribution in [-0.4, -0.2) is 17.8 Å². The summed E-state index contributed by atoms with van der Waals surface area (Å²) >= 11 is 5.05. The summed E-state index contributed by atoms with van der Waals surface area (Å²) in [5.41, 5.74) is -1.13. The number of carbonyl (C=O) groups excluding carboxylic acids is 2. The Hall–Kier alpha value is -0.570. The SMILES string of the molecule is CC(=O)OC(Cl)C=O. The minimum Gasteiger partial charge on any atom is -0.439 e. The molecule has 0 spiro atoms. The van der Waals surface area contributed by atoms with Crippen molar-refractivity contribution in [1.29, 1.82) is 0 Å². The van der Waals surface area contributed by atoms with Gasteiger partial charge in [-0.15, -0.1) is 0 Å². The van der Waals surface area contributed by atoms with E-state index < -0.39 is 11.5 Å². The highest BCUT2D eigenvalue weighted by Crippen LogP contribution is 1.92. The molecule has 0 aromatic carbocycles. The first-order chi connectivity index (χ1) is 3.66. The largest absolute Gasteiger partial charge is 0.439 e. The summed E-state index contributed by atoms with van der Waals surface area (Å²) in [4.78, 5) is 19.6. The van der Waals surface area contributed by atoms with Crippen LogP contribution in [0.15, 0.2) is 0 Å². The van der Waals surface area contributed by atoms with E-state index in [2.05, 4.69) is 4.74 Å². The van der Waals surface area contributed by atoms with Crippen LogP contribution in [0.3, 0.4) is 0 Å². The van der Waals surface area contributed by atoms with E-state index in [1.165, 1.54) is 6.92 Å². The van der Waals surface area contributed by atoms with E-state index in [0.717, 1.165) is 0 Å². The summed E-state index contributed by atoms with van der Waals surface area (Å²) in [6.07, 6.45) is 0.336. The van der Waals surface area contributed by atoms with Crippen molar-refractivity contribution in [2.75, 3.05) is 0 Å². The number of esters is 1. The van der Waals surface area contributed by atoms with Crippen LogP contribution in [0.25, 0.3) is 0 Å². The lowest BCUT2D eigenvalue weighted by Crippen LogP contribution is -2.09. The number of alkyl halides is 1. The first-order valence-corrected chi connectivity index (χ1v) is 2.37. The molecule has 0 radical (unpaired) electrons. The standard InChI is InChI=1S/C4H5ClO3/c1-3(7)8-4(5)2-6/h2,4H,1H3. The normalized spacial score (nSPS) is 12.2. The molecule has 1 atom stereocenters. The average Bonchev–Trinajstić information content (AvgIpc) is 1.65. The molecule has 3 nitrogen and oxygen atoms in total. The molecular formula is C4H5ClO3. The summed E-state index contributed by atoms with van der Waals surface area (Å²) in [5.74, 6) is -0.558. The van der Waals surface area contributed by atoms with Crippen LogP contribution >= 0.6 is 11.6 Å². The minimum absolute atomic E-state index is 0.336. The molecule has 8 heavy (non-hydrogen) atoms. The average molecular weight is 137 g/mol. The third-order valence-corrected chi connectivity index (χ3v) is 0.577. The predicted octanol–water partition coefficient (Wildman–Crippen LogP) is 0.313. The van der Waals surface area contributed by atoms with Crippen LogP contribution in [0.1, 0.15) is 6.92 Å². The lowest BCUT2D eigenvalue weighted by molar-refractivity contribution is -0.145. The fraction of sp³-hybridized carbons (Fsp3) is 0.500. The van der Waals surface area contributed by atoms with Gasteiger partial charge in [-0.05, 0) is 0 Å². The molecule has 0 amide bonds. The highest BCUT2D eigenvalue weighted by molar-refractivity contribution is 6.26. The monoisotopic (exact) mass is 136 g/mol. The number of ether oxygens (including phenoxy) is 1. The quantitative estimate of drug-likeness (QED) is 0.312. The summed E-state index contributed by atoms with van der Waals surface area (Å²) in [6, 6.07) is 0. The second kappa shape index (κ2) is 3.43. The lowest BCUT2D eigenvalue weighted by atomic mass is 10.7. The van der Waals surface area contributed by atoms with Gasteiger partial charge in [-0.1, -0.05) is 11.6 Å². The molecule has 4 heteroatoms. The first-order valence-electron chi connectivity index (χ1n) is 1.93. The van der Waals surface area contributed by atoms with Gasteiger partial charge in [0.1, 0.15) is 0 Å². The van der Waals surface area contributed by atoms with Crippen LogP contribution in [0, 0.1) is 0 Å². The Labute approximate surface area is 51.6 Å². The van der Waals surface area contributed by atoms with Gasteiger partial charge in [0.05, 0.1) is 0 Å². The third kappa shape index (κ3) is 3.61. The molecule has 0 fully saturated rings. The van der Waals surface area contributed by atoms with Gasteiger partial charge >= 0.3 is 5.97 Å². The first kappa shape index (κ1) is 7.43. The van der Waals surface area contributed by atoms with Gasteiger partial charge in [-0.3, -0.25) is 9.59 Å². The number of hydrogen-bond acceptors (Lipinski definition) is 3. The molecule has 46 valence electrons. The van der Waals surface area contributed by atoms with Crippen LogP contribution in [0.5, 0.6) is 0 Å². The Balaban J connectivity index is 3.38. The summed E-state index contributed by atoms with van der Waals surface area (Å²) in [7, 11) is 0. The van der Waals surface area contributed by atoms with Crippen LogP contribution in [0.2, 0.25) is 0 Å². The molecule has 0 aliphatic carbocycles. The van der Waals surface area contributed by atoms with Crippen molar-refractivity contribution in [2.45, 2.75) is 12.5 Å². The number of halogens is 1. The van der Waals surface area contributed by atoms with Crippen molar-refractivity contribution in [1.82, 2.24) is 0 Å². The highest BCUT2D eigenvalue weighted by Gasteiger charge is 2.02. The van der Waals surface area contributed by atoms with Crippen LogP contribution in [0.4, 0.5) is 0 Å². The molecule has 0 aromatic heterocycles. The predicted molar refractivity (Wildman–Crippen MR) is 27.5 cm³/mol. The summed E-state index contributed by atoms with van der Waals surface area (Å²) in [6.45, 7) is 1.18. The molecule has 0 saturated carbocycles. The molecule has 0 saturated heterocycles. The maximum absolute atomic E-state index is 9.95. The van der Waals surface area contributed by atoms with Crippen molar-refractivity contribution in [3.63, 3.8) is 0 Å². The molecule has 0 N–H and O–H groups in total. The number of hydrogen-bond donors (Lipinski definition) is 0. The van der Waals surface area contributed by atoms with Crippen molar-refractivity contribution >= 4 is 23.9 Å². The zero-order valence-corrected chi connectivity index (χ0v) is 5.01. The highest BCUT2D eigenvalue weighted by atomic mass is 35.5. The lowest BCUT2D eigenvalue weighted by Gasteiger charge is -1.98. The van der Waals surface area contributed by atoms with Gasteiger partial charge in [0, 0.05) is 6.92 Å². The van der Waals surface area contributed by atoms with E-state index in [0.29, 0.717) is 6.29 Å². The molecule has 0 aliphatic rings. The van der Waals surface area contributed by atoms with E-state index in [1.807, 2.05) is 0 Å². The van der Waals surface area contributed by atoms with Crippen LogP contribution < -0.4 is 0 Å². The van der Waals surface area contributed by atoms with Gasteiger partial charge in [-0.2, -0.15) is 0 Å². The van der Waals surface area contributed by atoms with E-state index in [1.54, 1.807) is 0 Å². The van der Waals surface area contributed by atoms with Gasteiger partial charge in [0.2, 0.25) is 5.56 Å². The Morgan fingerprint density at radius 1 is 1.88 bits per heavy atom. The van der Waals surface area contributed by atoms with Crippen molar-refractivity contribution in [2.24, 2.45) is 0 Å².